The van der Waals surface area contributed by atoms with Crippen molar-refractivity contribution in [1.82, 2.24) is 4.98 Å². The number of hydrogen-bond acceptors (Lipinski definition) is 3. The van der Waals surface area contributed by atoms with Gasteiger partial charge in [-0.15, -0.1) is 0 Å². The third kappa shape index (κ3) is 1.91. The van der Waals surface area contributed by atoms with Crippen LogP contribution in [0.5, 0.6) is 5.75 Å². The molecule has 0 spiro atoms. The second kappa shape index (κ2) is 4.31. The standard InChI is InChI=1S/C13H9ClN2O2/c14-9-4-2-1-3-8(9)10-5-6-11-13(15-10)16-12(17)7-18-11/h1-6H,7H2,(H,15,16,17). The molecule has 0 aliphatic carbocycles. The summed E-state index contributed by atoms with van der Waals surface area (Å²) in [7, 11) is 0. The minimum Gasteiger partial charge on any atom is -0.480 e. The number of hydrogen-bond donors (Lipinski definition) is 1. The lowest BCUT2D eigenvalue weighted by molar-refractivity contribution is -0.118. The summed E-state index contributed by atoms with van der Waals surface area (Å²) in [5.41, 5.74) is 1.52. The summed E-state index contributed by atoms with van der Waals surface area (Å²) in [5.74, 6) is 0.806. The van der Waals surface area contributed by atoms with Gasteiger partial charge in [-0.1, -0.05) is 29.8 Å². The second-order valence-electron chi connectivity index (χ2n) is 3.86. The van der Waals surface area contributed by atoms with Crippen LogP contribution in [-0.4, -0.2) is 17.5 Å². The van der Waals surface area contributed by atoms with Gasteiger partial charge in [-0.3, -0.25) is 4.79 Å². The number of fused-ring (bicyclic) bond motifs is 1. The van der Waals surface area contributed by atoms with Gasteiger partial charge >= 0.3 is 0 Å². The molecule has 90 valence electrons. The Labute approximate surface area is 109 Å². The highest BCUT2D eigenvalue weighted by Crippen LogP contribution is 2.31. The quantitative estimate of drug-likeness (QED) is 0.858. The van der Waals surface area contributed by atoms with Crippen LogP contribution in [0.15, 0.2) is 36.4 Å². The Bertz CT molecular complexity index is 628. The van der Waals surface area contributed by atoms with Crippen molar-refractivity contribution in [3.05, 3.63) is 41.4 Å². The molecule has 0 radical (unpaired) electrons. The van der Waals surface area contributed by atoms with Crippen molar-refractivity contribution in [1.29, 1.82) is 0 Å². The Morgan fingerprint density at radius 1 is 1.22 bits per heavy atom. The van der Waals surface area contributed by atoms with E-state index in [2.05, 4.69) is 10.3 Å². The van der Waals surface area contributed by atoms with Crippen molar-refractivity contribution in [2.75, 3.05) is 11.9 Å². The van der Waals surface area contributed by atoms with Crippen molar-refractivity contribution < 1.29 is 9.53 Å². The molecule has 1 aliphatic heterocycles. The first kappa shape index (κ1) is 11.0. The van der Waals surface area contributed by atoms with E-state index in [-0.39, 0.29) is 12.5 Å². The van der Waals surface area contributed by atoms with E-state index >= 15 is 0 Å². The zero-order valence-corrected chi connectivity index (χ0v) is 10.1. The molecule has 0 atom stereocenters. The van der Waals surface area contributed by atoms with Gasteiger partial charge in [-0.2, -0.15) is 0 Å². The average molecular weight is 261 g/mol. The largest absolute Gasteiger partial charge is 0.480 e. The summed E-state index contributed by atoms with van der Waals surface area (Å²) < 4.78 is 5.25. The number of nitrogens with zero attached hydrogens (tertiary/aromatic N) is 1. The smallest absolute Gasteiger partial charge is 0.263 e. The van der Waals surface area contributed by atoms with Gasteiger partial charge in [0.2, 0.25) is 0 Å². The molecule has 0 unspecified atom stereocenters. The van der Waals surface area contributed by atoms with Gasteiger partial charge in [0, 0.05) is 10.6 Å². The number of rotatable bonds is 1. The number of pyridine rings is 1. The van der Waals surface area contributed by atoms with Crippen molar-refractivity contribution in [3.8, 4) is 17.0 Å². The van der Waals surface area contributed by atoms with Crippen LogP contribution in [0, 0.1) is 0 Å². The summed E-state index contributed by atoms with van der Waals surface area (Å²) in [6, 6.07) is 11.0. The van der Waals surface area contributed by atoms with Crippen LogP contribution in [0.1, 0.15) is 0 Å². The molecule has 1 aromatic heterocycles. The maximum absolute atomic E-state index is 11.2. The molecule has 1 N–H and O–H groups in total. The van der Waals surface area contributed by atoms with Gasteiger partial charge in [-0.25, -0.2) is 4.98 Å². The molecule has 2 heterocycles. The lowest BCUT2D eigenvalue weighted by Gasteiger charge is -2.17. The van der Waals surface area contributed by atoms with Crippen molar-refractivity contribution in [3.63, 3.8) is 0 Å². The van der Waals surface area contributed by atoms with Crippen LogP contribution in [0.25, 0.3) is 11.3 Å². The number of carbonyl (C=O) groups excluding carboxylic acids is 1. The minimum absolute atomic E-state index is 0.0279. The topological polar surface area (TPSA) is 51.2 Å². The number of halogens is 1. The van der Waals surface area contributed by atoms with Crippen molar-refractivity contribution in [2.45, 2.75) is 0 Å². The molecule has 1 aliphatic rings. The molecule has 4 nitrogen and oxygen atoms in total. The third-order valence-corrected chi connectivity index (χ3v) is 2.95. The number of carbonyl (C=O) groups is 1. The lowest BCUT2D eigenvalue weighted by atomic mass is 10.1. The first-order valence-corrected chi connectivity index (χ1v) is 5.80. The van der Waals surface area contributed by atoms with Crippen LogP contribution < -0.4 is 10.1 Å². The molecular weight excluding hydrogens is 252 g/mol. The van der Waals surface area contributed by atoms with E-state index in [1.54, 1.807) is 12.1 Å². The van der Waals surface area contributed by atoms with Gasteiger partial charge in [0.1, 0.15) is 0 Å². The second-order valence-corrected chi connectivity index (χ2v) is 4.27. The highest BCUT2D eigenvalue weighted by molar-refractivity contribution is 6.33. The lowest BCUT2D eigenvalue weighted by Crippen LogP contribution is -2.26. The molecular formula is C13H9ClN2O2. The first-order valence-electron chi connectivity index (χ1n) is 5.42. The summed E-state index contributed by atoms with van der Waals surface area (Å²) >= 11 is 6.11. The van der Waals surface area contributed by atoms with E-state index in [0.29, 0.717) is 22.3 Å². The number of anilines is 1. The third-order valence-electron chi connectivity index (χ3n) is 2.62. The fourth-order valence-corrected chi connectivity index (χ4v) is 2.02. The average Bonchev–Trinajstić information content (AvgIpc) is 2.38. The molecule has 2 aromatic rings. The monoisotopic (exact) mass is 260 g/mol. The van der Waals surface area contributed by atoms with E-state index in [1.165, 1.54) is 0 Å². The van der Waals surface area contributed by atoms with Gasteiger partial charge in [-0.05, 0) is 18.2 Å². The first-order chi connectivity index (χ1) is 8.74. The van der Waals surface area contributed by atoms with Crippen molar-refractivity contribution >= 4 is 23.3 Å². The number of amides is 1. The molecule has 0 fully saturated rings. The van der Waals surface area contributed by atoms with E-state index in [4.69, 9.17) is 16.3 Å². The number of nitrogens with one attached hydrogen (secondary N) is 1. The fourth-order valence-electron chi connectivity index (χ4n) is 1.78. The van der Waals surface area contributed by atoms with E-state index in [0.717, 1.165) is 5.56 Å². The molecule has 18 heavy (non-hydrogen) atoms. The van der Waals surface area contributed by atoms with E-state index in [9.17, 15) is 4.79 Å². The Morgan fingerprint density at radius 2 is 2.06 bits per heavy atom. The van der Waals surface area contributed by atoms with Gasteiger partial charge in [0.05, 0.1) is 5.69 Å². The zero-order valence-electron chi connectivity index (χ0n) is 9.31. The van der Waals surface area contributed by atoms with Crippen LogP contribution >= 0.6 is 11.6 Å². The van der Waals surface area contributed by atoms with Crippen LogP contribution in [0.3, 0.4) is 0 Å². The molecule has 0 saturated heterocycles. The van der Waals surface area contributed by atoms with E-state index in [1.807, 2.05) is 24.3 Å². The predicted octanol–water partition coefficient (Wildman–Crippen LogP) is 2.73. The normalized spacial score (nSPS) is 13.5. The molecule has 5 heteroatoms. The SMILES string of the molecule is O=C1COc2ccc(-c3ccccc3Cl)nc2N1. The highest BCUT2D eigenvalue weighted by Gasteiger charge is 2.18. The predicted molar refractivity (Wildman–Crippen MR) is 68.8 cm³/mol. The Hall–Kier alpha value is -2.07. The number of benzene rings is 1. The summed E-state index contributed by atoms with van der Waals surface area (Å²) in [6.07, 6.45) is 0. The Morgan fingerprint density at radius 3 is 2.89 bits per heavy atom. The molecule has 1 amide bonds. The highest BCUT2D eigenvalue weighted by atomic mass is 35.5. The van der Waals surface area contributed by atoms with Gasteiger partial charge in [0.15, 0.2) is 18.2 Å². The Kier molecular flexibility index (Phi) is 2.64. The van der Waals surface area contributed by atoms with E-state index < -0.39 is 0 Å². The molecule has 3 rings (SSSR count). The van der Waals surface area contributed by atoms with Gasteiger partial charge < -0.3 is 10.1 Å². The van der Waals surface area contributed by atoms with Gasteiger partial charge in [0.25, 0.3) is 5.91 Å². The zero-order chi connectivity index (χ0) is 12.5. The number of aromatic nitrogens is 1. The fraction of sp³-hybridized carbons (Fsp3) is 0.0769. The maximum atomic E-state index is 11.2. The summed E-state index contributed by atoms with van der Waals surface area (Å²) in [6.45, 7) is 0.0279. The number of ether oxygens (including phenoxy) is 1. The van der Waals surface area contributed by atoms with Crippen LogP contribution in [-0.2, 0) is 4.79 Å². The molecule has 1 aromatic carbocycles. The summed E-state index contributed by atoms with van der Waals surface area (Å²) in [4.78, 5) is 15.6. The summed E-state index contributed by atoms with van der Waals surface area (Å²) in [5, 5.41) is 3.29. The van der Waals surface area contributed by atoms with Crippen LogP contribution in [0.2, 0.25) is 5.02 Å². The molecule has 0 bridgehead atoms. The van der Waals surface area contributed by atoms with Crippen molar-refractivity contribution in [2.24, 2.45) is 0 Å². The minimum atomic E-state index is -0.202. The Balaban J connectivity index is 2.07. The molecule has 0 saturated carbocycles. The maximum Gasteiger partial charge on any atom is 0.263 e. The van der Waals surface area contributed by atoms with Crippen LogP contribution in [0.4, 0.5) is 5.82 Å².